The van der Waals surface area contributed by atoms with Gasteiger partial charge >= 0.3 is 0 Å². The SMILES string of the molecule is CCCCC1(CCCC)CSc2cc(OC)c(Cl)cc2N(c2ccccc2)C1=O. The average molecular weight is 432 g/mol. The van der Waals surface area contributed by atoms with Gasteiger partial charge in [-0.2, -0.15) is 0 Å². The molecule has 0 unspecified atom stereocenters. The lowest BCUT2D eigenvalue weighted by atomic mass is 9.78. The number of hydrogen-bond acceptors (Lipinski definition) is 3. The van der Waals surface area contributed by atoms with Crippen molar-refractivity contribution < 1.29 is 9.53 Å². The van der Waals surface area contributed by atoms with Crippen molar-refractivity contribution in [3.8, 4) is 5.75 Å². The van der Waals surface area contributed by atoms with Gasteiger partial charge < -0.3 is 4.74 Å². The summed E-state index contributed by atoms with van der Waals surface area (Å²) in [5.41, 5.74) is 1.37. The Kier molecular flexibility index (Phi) is 7.53. The molecular weight excluding hydrogens is 402 g/mol. The first kappa shape index (κ1) is 22.0. The number of benzene rings is 2. The minimum absolute atomic E-state index is 0.193. The van der Waals surface area contributed by atoms with Crippen molar-refractivity contribution in [1.29, 1.82) is 0 Å². The van der Waals surface area contributed by atoms with Crippen molar-refractivity contribution in [2.45, 2.75) is 57.3 Å². The summed E-state index contributed by atoms with van der Waals surface area (Å²) in [5.74, 6) is 1.62. The Morgan fingerprint density at radius 1 is 1.10 bits per heavy atom. The second kappa shape index (κ2) is 9.90. The van der Waals surface area contributed by atoms with Crippen LogP contribution in [0.3, 0.4) is 0 Å². The second-order valence-electron chi connectivity index (χ2n) is 7.71. The predicted octanol–water partition coefficient (Wildman–Crippen LogP) is 7.49. The molecule has 0 saturated heterocycles. The van der Waals surface area contributed by atoms with Crippen LogP contribution in [-0.2, 0) is 4.79 Å². The van der Waals surface area contributed by atoms with Crippen molar-refractivity contribution in [2.75, 3.05) is 17.8 Å². The van der Waals surface area contributed by atoms with Gasteiger partial charge in [-0.25, -0.2) is 0 Å². The quantitative estimate of drug-likeness (QED) is 0.433. The summed E-state index contributed by atoms with van der Waals surface area (Å²) in [6.45, 7) is 4.38. The van der Waals surface area contributed by atoms with E-state index in [0.717, 1.165) is 60.5 Å². The van der Waals surface area contributed by atoms with E-state index in [1.807, 2.05) is 47.4 Å². The van der Waals surface area contributed by atoms with Gasteiger partial charge in [0, 0.05) is 16.3 Å². The number of fused-ring (bicyclic) bond motifs is 1. The summed E-state index contributed by atoms with van der Waals surface area (Å²) in [4.78, 5) is 17.1. The number of unbranched alkanes of at least 4 members (excludes halogenated alkanes) is 2. The number of halogens is 1. The van der Waals surface area contributed by atoms with E-state index in [0.29, 0.717) is 10.8 Å². The highest BCUT2D eigenvalue weighted by Gasteiger charge is 2.44. The molecule has 0 radical (unpaired) electrons. The first-order valence-corrected chi connectivity index (χ1v) is 11.8. The third-order valence-corrected chi connectivity index (χ3v) is 7.30. The average Bonchev–Trinajstić information content (AvgIpc) is 2.85. The maximum atomic E-state index is 14.1. The number of nitrogens with zero attached hydrogens (tertiary/aromatic N) is 1. The summed E-state index contributed by atoms with van der Waals surface area (Å²) in [5, 5.41) is 0.523. The van der Waals surface area contributed by atoms with Crippen molar-refractivity contribution in [1.82, 2.24) is 0 Å². The number of ether oxygens (including phenoxy) is 1. The molecule has 0 spiro atoms. The Hall–Kier alpha value is -1.65. The highest BCUT2D eigenvalue weighted by Crippen LogP contribution is 2.50. The molecule has 3 nitrogen and oxygen atoms in total. The molecule has 0 aromatic heterocycles. The van der Waals surface area contributed by atoms with Gasteiger partial charge in [0.1, 0.15) is 5.75 Å². The van der Waals surface area contributed by atoms with Crippen LogP contribution in [0.15, 0.2) is 47.4 Å². The number of methoxy groups -OCH3 is 1. The van der Waals surface area contributed by atoms with Gasteiger partial charge in [0.05, 0.1) is 23.2 Å². The zero-order valence-corrected chi connectivity index (χ0v) is 19.1. The van der Waals surface area contributed by atoms with Crippen LogP contribution in [0.4, 0.5) is 11.4 Å². The molecule has 0 saturated carbocycles. The number of thioether (sulfide) groups is 1. The summed E-state index contributed by atoms with van der Waals surface area (Å²) >= 11 is 8.24. The number of carbonyl (C=O) groups excluding carboxylic acids is 1. The molecule has 0 N–H and O–H groups in total. The van der Waals surface area contributed by atoms with E-state index in [1.54, 1.807) is 18.9 Å². The lowest BCUT2D eigenvalue weighted by Crippen LogP contribution is -2.42. The second-order valence-corrected chi connectivity index (χ2v) is 9.13. The Morgan fingerprint density at radius 3 is 2.34 bits per heavy atom. The highest BCUT2D eigenvalue weighted by atomic mass is 35.5. The van der Waals surface area contributed by atoms with Crippen LogP contribution < -0.4 is 9.64 Å². The van der Waals surface area contributed by atoms with Gasteiger partial charge in [0.15, 0.2) is 0 Å². The van der Waals surface area contributed by atoms with Crippen molar-refractivity contribution >= 4 is 40.6 Å². The van der Waals surface area contributed by atoms with Crippen LogP contribution in [-0.4, -0.2) is 18.8 Å². The molecule has 1 aliphatic heterocycles. The lowest BCUT2D eigenvalue weighted by Gasteiger charge is -2.35. The van der Waals surface area contributed by atoms with E-state index < -0.39 is 0 Å². The van der Waals surface area contributed by atoms with Gasteiger partial charge in [-0.3, -0.25) is 9.69 Å². The maximum Gasteiger partial charge on any atom is 0.238 e. The van der Waals surface area contributed by atoms with Gasteiger partial charge in [0.2, 0.25) is 5.91 Å². The minimum atomic E-state index is -0.370. The third-order valence-electron chi connectivity index (χ3n) is 5.67. The third kappa shape index (κ3) is 4.59. The van der Waals surface area contributed by atoms with Crippen LogP contribution in [0, 0.1) is 5.41 Å². The first-order valence-electron chi connectivity index (χ1n) is 10.5. The molecule has 3 rings (SSSR count). The maximum absolute atomic E-state index is 14.1. The molecule has 1 heterocycles. The largest absolute Gasteiger partial charge is 0.495 e. The Labute approximate surface area is 183 Å². The fourth-order valence-corrected chi connectivity index (χ4v) is 5.51. The van der Waals surface area contributed by atoms with Crippen LogP contribution in [0.2, 0.25) is 5.02 Å². The number of hydrogen-bond donors (Lipinski definition) is 0. The number of para-hydroxylation sites is 1. The number of anilines is 2. The van der Waals surface area contributed by atoms with Gasteiger partial charge in [-0.15, -0.1) is 11.8 Å². The zero-order valence-electron chi connectivity index (χ0n) is 17.5. The monoisotopic (exact) mass is 431 g/mol. The molecule has 2 aromatic rings. The Bertz CT molecular complexity index is 832. The Morgan fingerprint density at radius 2 is 1.76 bits per heavy atom. The van der Waals surface area contributed by atoms with Gasteiger partial charge in [-0.1, -0.05) is 69.3 Å². The summed E-state index contributed by atoms with van der Waals surface area (Å²) < 4.78 is 5.45. The van der Waals surface area contributed by atoms with Gasteiger partial charge in [0.25, 0.3) is 0 Å². The molecule has 0 aliphatic carbocycles. The number of carbonyl (C=O) groups is 1. The molecule has 1 aliphatic rings. The van der Waals surface area contributed by atoms with Crippen molar-refractivity contribution in [3.63, 3.8) is 0 Å². The van der Waals surface area contributed by atoms with E-state index in [9.17, 15) is 4.79 Å². The van der Waals surface area contributed by atoms with E-state index >= 15 is 0 Å². The fraction of sp³-hybridized carbons (Fsp3) is 0.458. The smallest absolute Gasteiger partial charge is 0.238 e. The molecule has 156 valence electrons. The summed E-state index contributed by atoms with van der Waals surface area (Å²) in [6, 6.07) is 13.8. The highest BCUT2D eigenvalue weighted by molar-refractivity contribution is 7.99. The molecular formula is C24H30ClNO2S. The normalized spacial score (nSPS) is 15.7. The topological polar surface area (TPSA) is 29.5 Å². The van der Waals surface area contributed by atoms with E-state index in [2.05, 4.69) is 13.8 Å². The number of rotatable bonds is 8. The van der Waals surface area contributed by atoms with E-state index in [-0.39, 0.29) is 11.3 Å². The fourth-order valence-electron chi connectivity index (χ4n) is 3.94. The molecule has 0 atom stereocenters. The first-order chi connectivity index (χ1) is 14.1. The predicted molar refractivity (Wildman–Crippen MR) is 124 cm³/mol. The van der Waals surface area contributed by atoms with Gasteiger partial charge in [-0.05, 0) is 37.1 Å². The molecule has 0 bridgehead atoms. The molecule has 29 heavy (non-hydrogen) atoms. The molecule has 2 aromatic carbocycles. The van der Waals surface area contributed by atoms with Crippen molar-refractivity contribution in [2.24, 2.45) is 5.41 Å². The summed E-state index contributed by atoms with van der Waals surface area (Å²) in [7, 11) is 1.63. The van der Waals surface area contributed by atoms with E-state index in [1.165, 1.54) is 0 Å². The van der Waals surface area contributed by atoms with E-state index in [4.69, 9.17) is 16.3 Å². The Balaban J connectivity index is 2.16. The molecule has 5 heteroatoms. The zero-order chi connectivity index (χ0) is 20.9. The van der Waals surface area contributed by atoms with Crippen molar-refractivity contribution in [3.05, 3.63) is 47.5 Å². The van der Waals surface area contributed by atoms with Crippen LogP contribution in [0.1, 0.15) is 52.4 Å². The minimum Gasteiger partial charge on any atom is -0.495 e. The van der Waals surface area contributed by atoms with Crippen LogP contribution in [0.5, 0.6) is 5.75 Å². The number of amides is 1. The summed E-state index contributed by atoms with van der Waals surface area (Å²) in [6.07, 6.45) is 6.11. The standard InChI is InChI=1S/C24H30ClNO2S/c1-4-6-13-24(14-7-5-2)17-29-22-16-21(28-3)19(25)15-20(22)26(23(24)27)18-11-9-8-10-12-18/h8-12,15-16H,4-7,13-14,17H2,1-3H3. The molecule has 0 fully saturated rings. The molecule has 1 amide bonds. The lowest BCUT2D eigenvalue weighted by molar-refractivity contribution is -0.127. The van der Waals surface area contributed by atoms with Crippen LogP contribution >= 0.6 is 23.4 Å². The van der Waals surface area contributed by atoms with Crippen LogP contribution in [0.25, 0.3) is 0 Å².